The lowest BCUT2D eigenvalue weighted by molar-refractivity contribution is -0.138. The molecule has 2 aliphatic rings. The fraction of sp³-hybridized carbons (Fsp3) is 0.565. The zero-order valence-corrected chi connectivity index (χ0v) is 18.3. The molecule has 0 spiro atoms. The third kappa shape index (κ3) is 4.54. The van der Waals surface area contributed by atoms with Gasteiger partial charge in [-0.25, -0.2) is 0 Å². The quantitative estimate of drug-likeness (QED) is 0.717. The summed E-state index contributed by atoms with van der Waals surface area (Å²) in [5, 5.41) is 18.2. The summed E-state index contributed by atoms with van der Waals surface area (Å²) in [5.41, 5.74) is 1.95. The van der Waals surface area contributed by atoms with E-state index in [0.29, 0.717) is 56.7 Å². The summed E-state index contributed by atoms with van der Waals surface area (Å²) in [6.07, 6.45) is -3.80. The summed E-state index contributed by atoms with van der Waals surface area (Å²) in [7, 11) is 0. The van der Waals surface area contributed by atoms with Crippen LogP contribution in [0.1, 0.15) is 73.3 Å². The first-order chi connectivity index (χ1) is 15.1. The average molecular weight is 451 g/mol. The maximum Gasteiger partial charge on any atom is 0.416 e. The highest BCUT2D eigenvalue weighted by atomic mass is 19.4. The van der Waals surface area contributed by atoms with Crippen LogP contribution in [-0.4, -0.2) is 44.1 Å². The van der Waals surface area contributed by atoms with Crippen LogP contribution in [0.2, 0.25) is 0 Å². The molecule has 32 heavy (non-hydrogen) atoms. The number of halogens is 3. The summed E-state index contributed by atoms with van der Waals surface area (Å²) in [6.45, 7) is 5.81. The molecule has 1 amide bonds. The fourth-order valence-electron chi connectivity index (χ4n) is 4.77. The predicted molar refractivity (Wildman–Crippen MR) is 112 cm³/mol. The van der Waals surface area contributed by atoms with Gasteiger partial charge in [0, 0.05) is 31.6 Å². The second-order valence-corrected chi connectivity index (χ2v) is 9.18. The highest BCUT2D eigenvalue weighted by molar-refractivity contribution is 5.77. The number of H-pyrrole nitrogens is 1. The number of aliphatic hydroxyl groups is 1. The van der Waals surface area contributed by atoms with Gasteiger partial charge in [0.2, 0.25) is 5.91 Å². The summed E-state index contributed by atoms with van der Waals surface area (Å²) < 4.78 is 40.2. The zero-order chi connectivity index (χ0) is 23.0. The molecule has 9 heteroatoms. The second-order valence-electron chi connectivity index (χ2n) is 9.18. The number of aliphatic hydroxyl groups excluding tert-OH is 1. The molecular formula is C23H29F3N4O2. The van der Waals surface area contributed by atoms with E-state index in [1.165, 1.54) is 6.07 Å². The normalized spacial score (nSPS) is 18.9. The Balaban J connectivity index is 1.41. The Hall–Kier alpha value is -2.39. The van der Waals surface area contributed by atoms with Crippen molar-refractivity contribution in [2.24, 2.45) is 5.92 Å². The van der Waals surface area contributed by atoms with E-state index in [1.54, 1.807) is 17.0 Å². The number of benzene rings is 1. The van der Waals surface area contributed by atoms with Gasteiger partial charge in [0.25, 0.3) is 0 Å². The van der Waals surface area contributed by atoms with Crippen LogP contribution in [0, 0.1) is 5.92 Å². The summed E-state index contributed by atoms with van der Waals surface area (Å²) in [4.78, 5) is 16.0. The third-order valence-corrected chi connectivity index (χ3v) is 6.44. The minimum atomic E-state index is -4.37. The Kier molecular flexibility index (Phi) is 6.31. The maximum atomic E-state index is 13.4. The van der Waals surface area contributed by atoms with Gasteiger partial charge in [-0.1, -0.05) is 32.0 Å². The number of nitrogens with zero attached hydrogens (tertiary/aromatic N) is 3. The molecule has 2 aliphatic heterocycles. The number of likely N-dealkylation sites (tertiary alicyclic amines) is 1. The topological polar surface area (TPSA) is 72.5 Å². The molecule has 1 unspecified atom stereocenters. The number of hydrogen-bond donors (Lipinski definition) is 2. The van der Waals surface area contributed by atoms with Crippen molar-refractivity contribution in [1.29, 1.82) is 0 Å². The van der Waals surface area contributed by atoms with Crippen molar-refractivity contribution >= 4 is 5.91 Å². The van der Waals surface area contributed by atoms with Gasteiger partial charge in [0.05, 0.1) is 17.8 Å². The number of fused-ring (bicyclic) bond motifs is 1. The minimum Gasteiger partial charge on any atom is -0.372 e. The average Bonchev–Trinajstić information content (AvgIpc) is 3.33. The molecule has 2 N–H and O–H groups in total. The molecule has 3 heterocycles. The van der Waals surface area contributed by atoms with E-state index < -0.39 is 18.0 Å². The number of aromatic nitrogens is 2. The molecule has 1 fully saturated rings. The van der Waals surface area contributed by atoms with Crippen molar-refractivity contribution < 1.29 is 23.1 Å². The minimum absolute atomic E-state index is 0.0779. The number of nitrogens with one attached hydrogen (secondary N) is 1. The van der Waals surface area contributed by atoms with Crippen LogP contribution >= 0.6 is 0 Å². The number of amides is 1. The van der Waals surface area contributed by atoms with Crippen LogP contribution in [0.3, 0.4) is 0 Å². The number of rotatable bonds is 5. The van der Waals surface area contributed by atoms with Crippen LogP contribution in [0.25, 0.3) is 0 Å². The van der Waals surface area contributed by atoms with Gasteiger partial charge in [0.15, 0.2) is 6.23 Å². The van der Waals surface area contributed by atoms with E-state index in [1.807, 2.05) is 18.7 Å². The van der Waals surface area contributed by atoms with Crippen molar-refractivity contribution in [2.45, 2.75) is 64.5 Å². The molecule has 4 rings (SSSR count). The molecule has 2 aromatic rings. The maximum absolute atomic E-state index is 13.4. The van der Waals surface area contributed by atoms with Gasteiger partial charge in [0.1, 0.15) is 5.69 Å². The van der Waals surface area contributed by atoms with Crippen molar-refractivity contribution in [3.63, 3.8) is 0 Å². The third-order valence-electron chi connectivity index (χ3n) is 6.44. The number of piperidine rings is 1. The molecule has 0 bridgehead atoms. The Labute approximate surface area is 185 Å². The first kappa shape index (κ1) is 22.8. The zero-order valence-electron chi connectivity index (χ0n) is 18.3. The molecule has 1 atom stereocenters. The van der Waals surface area contributed by atoms with Gasteiger partial charge in [-0.15, -0.1) is 0 Å². The van der Waals surface area contributed by atoms with Crippen LogP contribution in [0.5, 0.6) is 0 Å². The lowest BCUT2D eigenvalue weighted by Gasteiger charge is -2.35. The smallest absolute Gasteiger partial charge is 0.372 e. The van der Waals surface area contributed by atoms with Crippen LogP contribution < -0.4 is 0 Å². The Morgan fingerprint density at radius 1 is 1.22 bits per heavy atom. The largest absolute Gasteiger partial charge is 0.416 e. The second kappa shape index (κ2) is 8.86. The Bertz CT molecular complexity index is 964. The molecule has 1 aromatic carbocycles. The van der Waals surface area contributed by atoms with Crippen molar-refractivity contribution in [3.05, 3.63) is 52.3 Å². The van der Waals surface area contributed by atoms with Gasteiger partial charge >= 0.3 is 6.18 Å². The molecule has 1 aromatic heterocycles. The summed E-state index contributed by atoms with van der Waals surface area (Å²) in [6, 6.07) is 5.75. The predicted octanol–water partition coefficient (Wildman–Crippen LogP) is 4.19. The summed E-state index contributed by atoms with van der Waals surface area (Å²) >= 11 is 0. The monoisotopic (exact) mass is 450 g/mol. The standard InChI is InChI=1S/C23H29F3N4O2/c1-14(2)11-20(31)30-12-17-19(13-30)27-28-21(17)22(32)29-9-7-15(8-10-29)16-5-3-4-6-18(16)23(24,25)26/h3-6,14-15,22,32H,7-13H2,1-2H3,(H,27,28). The highest BCUT2D eigenvalue weighted by Gasteiger charge is 2.37. The molecule has 0 saturated carbocycles. The molecule has 0 aliphatic carbocycles. The SMILES string of the molecule is CC(C)CC(=O)N1Cc2[nH]nc(C(O)N3CCC(c4ccccc4C(F)(F)F)CC3)c2C1. The number of aromatic amines is 1. The summed E-state index contributed by atoms with van der Waals surface area (Å²) in [5.74, 6) is 0.146. The fourth-order valence-corrected chi connectivity index (χ4v) is 4.77. The van der Waals surface area contributed by atoms with Gasteiger partial charge in [-0.05, 0) is 36.3 Å². The molecule has 174 valence electrons. The molecule has 6 nitrogen and oxygen atoms in total. The van der Waals surface area contributed by atoms with Gasteiger partial charge in [-0.2, -0.15) is 18.3 Å². The molecular weight excluding hydrogens is 421 g/mol. The van der Waals surface area contributed by atoms with Gasteiger partial charge < -0.3 is 10.0 Å². The van der Waals surface area contributed by atoms with E-state index in [4.69, 9.17) is 0 Å². The van der Waals surface area contributed by atoms with Crippen molar-refractivity contribution in [2.75, 3.05) is 13.1 Å². The number of carbonyl (C=O) groups is 1. The van der Waals surface area contributed by atoms with Crippen LogP contribution in [0.15, 0.2) is 24.3 Å². The van der Waals surface area contributed by atoms with Crippen LogP contribution in [0.4, 0.5) is 13.2 Å². The lowest BCUT2D eigenvalue weighted by Crippen LogP contribution is -2.37. The van der Waals surface area contributed by atoms with E-state index in [2.05, 4.69) is 10.2 Å². The Morgan fingerprint density at radius 2 is 1.91 bits per heavy atom. The highest BCUT2D eigenvalue weighted by Crippen LogP contribution is 2.40. The van der Waals surface area contributed by atoms with E-state index in [0.717, 1.165) is 17.3 Å². The number of alkyl halides is 3. The van der Waals surface area contributed by atoms with E-state index in [9.17, 15) is 23.1 Å². The molecule has 0 radical (unpaired) electrons. The lowest BCUT2D eigenvalue weighted by atomic mass is 9.86. The van der Waals surface area contributed by atoms with Crippen molar-refractivity contribution in [1.82, 2.24) is 20.0 Å². The number of carbonyl (C=O) groups excluding carboxylic acids is 1. The van der Waals surface area contributed by atoms with Crippen LogP contribution in [-0.2, 0) is 24.1 Å². The van der Waals surface area contributed by atoms with Gasteiger partial charge in [-0.3, -0.25) is 14.8 Å². The molecule has 1 saturated heterocycles. The van der Waals surface area contributed by atoms with E-state index in [-0.39, 0.29) is 17.7 Å². The first-order valence-corrected chi connectivity index (χ1v) is 11.1. The van der Waals surface area contributed by atoms with E-state index >= 15 is 0 Å². The first-order valence-electron chi connectivity index (χ1n) is 11.1. The van der Waals surface area contributed by atoms with Crippen molar-refractivity contribution in [3.8, 4) is 0 Å². The Morgan fingerprint density at radius 3 is 2.56 bits per heavy atom. The number of hydrogen-bond acceptors (Lipinski definition) is 4.